The van der Waals surface area contributed by atoms with Gasteiger partial charge in [-0.25, -0.2) is 0 Å². The summed E-state index contributed by atoms with van der Waals surface area (Å²) in [6, 6.07) is 7.61. The lowest BCUT2D eigenvalue weighted by Gasteiger charge is -2.00. The standard InChI is InChI=1S/C13H14N2O4/c1-18-8-9-3-2-4-10(7-9)13-14-11(19-15-13)5-6-12(16)17/h2-4,7H,5-6,8H2,1H3,(H,16,17). The molecule has 1 aromatic heterocycles. The predicted molar refractivity (Wildman–Crippen MR) is 66.4 cm³/mol. The van der Waals surface area contributed by atoms with Crippen molar-refractivity contribution in [1.29, 1.82) is 0 Å². The van der Waals surface area contributed by atoms with E-state index in [1.54, 1.807) is 7.11 Å². The van der Waals surface area contributed by atoms with Gasteiger partial charge in [-0.1, -0.05) is 23.4 Å². The Hall–Kier alpha value is -2.21. The molecular formula is C13H14N2O4. The first-order valence-electron chi connectivity index (χ1n) is 5.81. The Labute approximate surface area is 110 Å². The lowest BCUT2D eigenvalue weighted by atomic mass is 10.1. The third-order valence-electron chi connectivity index (χ3n) is 2.52. The normalized spacial score (nSPS) is 10.6. The van der Waals surface area contributed by atoms with Gasteiger partial charge in [-0.3, -0.25) is 4.79 Å². The van der Waals surface area contributed by atoms with Gasteiger partial charge in [-0.15, -0.1) is 0 Å². The number of rotatable bonds is 6. The van der Waals surface area contributed by atoms with Gasteiger partial charge in [-0.2, -0.15) is 4.98 Å². The largest absolute Gasteiger partial charge is 0.481 e. The molecule has 0 aliphatic heterocycles. The topological polar surface area (TPSA) is 85.5 Å². The molecule has 1 aromatic carbocycles. The number of aryl methyl sites for hydroxylation is 1. The minimum atomic E-state index is -0.887. The Bertz CT molecular complexity index is 565. The van der Waals surface area contributed by atoms with Gasteiger partial charge in [0.05, 0.1) is 13.0 Å². The van der Waals surface area contributed by atoms with Crippen LogP contribution in [0.4, 0.5) is 0 Å². The summed E-state index contributed by atoms with van der Waals surface area (Å²) >= 11 is 0. The number of benzene rings is 1. The molecule has 0 spiro atoms. The molecule has 6 nitrogen and oxygen atoms in total. The van der Waals surface area contributed by atoms with E-state index in [2.05, 4.69) is 10.1 Å². The summed E-state index contributed by atoms with van der Waals surface area (Å²) in [5.74, 6) is -0.102. The number of carboxylic acid groups (broad SMARTS) is 1. The molecular weight excluding hydrogens is 248 g/mol. The molecule has 0 unspecified atom stereocenters. The summed E-state index contributed by atoms with van der Waals surface area (Å²) in [7, 11) is 1.63. The van der Waals surface area contributed by atoms with Crippen LogP contribution < -0.4 is 0 Å². The lowest BCUT2D eigenvalue weighted by Crippen LogP contribution is -1.97. The molecule has 1 heterocycles. The molecule has 6 heteroatoms. The van der Waals surface area contributed by atoms with Crippen LogP contribution in [-0.2, 0) is 22.6 Å². The van der Waals surface area contributed by atoms with E-state index in [0.29, 0.717) is 18.3 Å². The highest BCUT2D eigenvalue weighted by atomic mass is 16.5. The molecule has 0 fully saturated rings. The minimum absolute atomic E-state index is 0.0225. The summed E-state index contributed by atoms with van der Waals surface area (Å²) in [5.41, 5.74) is 1.83. The maximum Gasteiger partial charge on any atom is 0.303 e. The summed E-state index contributed by atoms with van der Waals surface area (Å²) in [6.45, 7) is 0.511. The van der Waals surface area contributed by atoms with Gasteiger partial charge >= 0.3 is 5.97 Å². The zero-order valence-corrected chi connectivity index (χ0v) is 10.5. The van der Waals surface area contributed by atoms with Gasteiger partial charge in [0, 0.05) is 19.1 Å². The van der Waals surface area contributed by atoms with Crippen molar-refractivity contribution >= 4 is 5.97 Å². The van der Waals surface area contributed by atoms with Crippen molar-refractivity contribution in [3.8, 4) is 11.4 Å². The van der Waals surface area contributed by atoms with Crippen molar-refractivity contribution in [2.24, 2.45) is 0 Å². The Kier molecular flexibility index (Phi) is 4.25. The van der Waals surface area contributed by atoms with Gasteiger partial charge in [-0.05, 0) is 11.6 Å². The molecule has 0 saturated heterocycles. The Morgan fingerprint density at radius 2 is 2.32 bits per heavy atom. The zero-order valence-electron chi connectivity index (χ0n) is 10.5. The average Bonchev–Trinajstić information content (AvgIpc) is 2.86. The van der Waals surface area contributed by atoms with Gasteiger partial charge in [0.25, 0.3) is 0 Å². The van der Waals surface area contributed by atoms with Gasteiger partial charge in [0.15, 0.2) is 0 Å². The first-order chi connectivity index (χ1) is 9.19. The number of ether oxygens (including phenoxy) is 1. The van der Waals surface area contributed by atoms with Gasteiger partial charge in [0.1, 0.15) is 0 Å². The molecule has 0 aliphatic carbocycles. The van der Waals surface area contributed by atoms with Crippen LogP contribution in [0.1, 0.15) is 17.9 Å². The highest BCUT2D eigenvalue weighted by molar-refractivity contribution is 5.66. The van der Waals surface area contributed by atoms with E-state index in [1.807, 2.05) is 24.3 Å². The number of carbonyl (C=O) groups is 1. The first-order valence-corrected chi connectivity index (χ1v) is 5.81. The summed E-state index contributed by atoms with van der Waals surface area (Å²) in [6.07, 6.45) is 0.214. The van der Waals surface area contributed by atoms with E-state index in [1.165, 1.54) is 0 Å². The van der Waals surface area contributed by atoms with Crippen molar-refractivity contribution in [2.75, 3.05) is 7.11 Å². The molecule has 19 heavy (non-hydrogen) atoms. The Morgan fingerprint density at radius 3 is 3.05 bits per heavy atom. The van der Waals surface area contributed by atoms with Crippen LogP contribution in [0.2, 0.25) is 0 Å². The van der Waals surface area contributed by atoms with E-state index >= 15 is 0 Å². The summed E-state index contributed by atoms with van der Waals surface area (Å²) in [4.78, 5) is 14.6. The molecule has 0 saturated carbocycles. The maximum absolute atomic E-state index is 10.5. The van der Waals surface area contributed by atoms with Gasteiger partial charge < -0.3 is 14.4 Å². The van der Waals surface area contributed by atoms with Crippen molar-refractivity contribution in [2.45, 2.75) is 19.4 Å². The van der Waals surface area contributed by atoms with Crippen molar-refractivity contribution in [3.63, 3.8) is 0 Å². The van der Waals surface area contributed by atoms with Crippen LogP contribution in [0.25, 0.3) is 11.4 Å². The monoisotopic (exact) mass is 262 g/mol. The number of hydrogen-bond donors (Lipinski definition) is 1. The Balaban J connectivity index is 2.13. The number of carboxylic acids is 1. The minimum Gasteiger partial charge on any atom is -0.481 e. The molecule has 2 aromatic rings. The maximum atomic E-state index is 10.5. The zero-order chi connectivity index (χ0) is 13.7. The quantitative estimate of drug-likeness (QED) is 0.855. The fourth-order valence-corrected chi connectivity index (χ4v) is 1.65. The second-order valence-corrected chi connectivity index (χ2v) is 4.04. The van der Waals surface area contributed by atoms with E-state index < -0.39 is 5.97 Å². The van der Waals surface area contributed by atoms with Crippen LogP contribution >= 0.6 is 0 Å². The molecule has 1 N–H and O–H groups in total. The molecule has 0 bridgehead atoms. The lowest BCUT2D eigenvalue weighted by molar-refractivity contribution is -0.137. The number of aliphatic carboxylic acids is 1. The first kappa shape index (κ1) is 13.2. The number of methoxy groups -OCH3 is 1. The number of aromatic nitrogens is 2. The third-order valence-corrected chi connectivity index (χ3v) is 2.52. The van der Waals surface area contributed by atoms with Crippen molar-refractivity contribution in [1.82, 2.24) is 10.1 Å². The van der Waals surface area contributed by atoms with Crippen LogP contribution in [-0.4, -0.2) is 28.3 Å². The average molecular weight is 262 g/mol. The van der Waals surface area contributed by atoms with Crippen LogP contribution in [0.3, 0.4) is 0 Å². The number of nitrogens with zero attached hydrogens (tertiary/aromatic N) is 2. The van der Waals surface area contributed by atoms with E-state index in [9.17, 15) is 4.79 Å². The fraction of sp³-hybridized carbons (Fsp3) is 0.308. The SMILES string of the molecule is COCc1cccc(-c2noc(CCC(=O)O)n2)c1. The molecule has 0 aliphatic rings. The molecule has 2 rings (SSSR count). The third kappa shape index (κ3) is 3.62. The van der Waals surface area contributed by atoms with Crippen LogP contribution in [0, 0.1) is 0 Å². The van der Waals surface area contributed by atoms with Crippen LogP contribution in [0.15, 0.2) is 28.8 Å². The molecule has 100 valence electrons. The molecule has 0 atom stereocenters. The summed E-state index contributed by atoms with van der Waals surface area (Å²) < 4.78 is 10.1. The molecule has 0 radical (unpaired) electrons. The Morgan fingerprint density at radius 1 is 1.47 bits per heavy atom. The van der Waals surface area contributed by atoms with Crippen molar-refractivity contribution < 1.29 is 19.2 Å². The van der Waals surface area contributed by atoms with E-state index in [-0.39, 0.29) is 12.8 Å². The predicted octanol–water partition coefficient (Wildman–Crippen LogP) is 1.90. The molecule has 0 amide bonds. The smallest absolute Gasteiger partial charge is 0.303 e. The summed E-state index contributed by atoms with van der Waals surface area (Å²) in [5, 5.41) is 12.4. The number of hydrogen-bond acceptors (Lipinski definition) is 5. The van der Waals surface area contributed by atoms with E-state index in [4.69, 9.17) is 14.4 Å². The fourth-order valence-electron chi connectivity index (χ4n) is 1.65. The highest BCUT2D eigenvalue weighted by Gasteiger charge is 2.10. The van der Waals surface area contributed by atoms with Crippen LogP contribution in [0.5, 0.6) is 0 Å². The van der Waals surface area contributed by atoms with Gasteiger partial charge in [0.2, 0.25) is 11.7 Å². The highest BCUT2D eigenvalue weighted by Crippen LogP contribution is 2.18. The second kappa shape index (κ2) is 6.10. The second-order valence-electron chi connectivity index (χ2n) is 4.04. The van der Waals surface area contributed by atoms with E-state index in [0.717, 1.165) is 11.1 Å². The van der Waals surface area contributed by atoms with Crippen molar-refractivity contribution in [3.05, 3.63) is 35.7 Å².